The molecule has 1 heterocycles. The average molecular weight is 480 g/mol. The van der Waals surface area contributed by atoms with Crippen LogP contribution in [0, 0.1) is 23.6 Å². The lowest BCUT2D eigenvalue weighted by Crippen LogP contribution is -2.50. The van der Waals surface area contributed by atoms with Crippen molar-refractivity contribution in [2.75, 3.05) is 17.6 Å². The van der Waals surface area contributed by atoms with Crippen molar-refractivity contribution in [3.63, 3.8) is 0 Å². The minimum Gasteiger partial charge on any atom is -0.347 e. The van der Waals surface area contributed by atoms with Crippen molar-refractivity contribution in [3.05, 3.63) is 30.1 Å². The van der Waals surface area contributed by atoms with Crippen LogP contribution in [0.15, 0.2) is 29.3 Å². The van der Waals surface area contributed by atoms with E-state index in [0.29, 0.717) is 12.1 Å². The quantitative estimate of drug-likeness (QED) is 0.512. The number of unbranched alkanes of at least 4 members (excludes halogenated alkanes) is 1. The van der Waals surface area contributed by atoms with Crippen LogP contribution in [-0.2, 0) is 4.79 Å². The van der Waals surface area contributed by atoms with Crippen LogP contribution in [0.1, 0.15) is 64.7 Å². The van der Waals surface area contributed by atoms with Crippen molar-refractivity contribution in [2.24, 2.45) is 22.7 Å². The Morgan fingerprint density at radius 3 is 2.38 bits per heavy atom. The largest absolute Gasteiger partial charge is 0.347 e. The van der Waals surface area contributed by atoms with E-state index in [-0.39, 0.29) is 35.7 Å². The minimum atomic E-state index is -0.290. The Morgan fingerprint density at radius 1 is 1.16 bits per heavy atom. The molecule has 0 aromatic heterocycles. The first kappa shape index (κ1) is 23.9. The molecule has 0 radical (unpaired) electrons. The van der Waals surface area contributed by atoms with E-state index in [1.807, 2.05) is 11.8 Å². The molecular weight excluding hydrogens is 445 g/mol. The number of hydrogen-bond donors (Lipinski definition) is 1. The highest BCUT2D eigenvalue weighted by Gasteiger charge is 2.51. The monoisotopic (exact) mass is 479 g/mol. The van der Waals surface area contributed by atoms with Crippen LogP contribution < -0.4 is 5.32 Å². The molecule has 1 amide bonds. The lowest BCUT2D eigenvalue weighted by atomic mass is 9.53. The molecule has 0 spiro atoms. The number of benzene rings is 1. The second-order valence-corrected chi connectivity index (χ2v) is 11.3. The fourth-order valence-corrected chi connectivity index (χ4v) is 8.04. The number of amides is 1. The summed E-state index contributed by atoms with van der Waals surface area (Å²) in [6.45, 7) is 3.19. The molecule has 1 unspecified atom stereocenters. The van der Waals surface area contributed by atoms with E-state index < -0.39 is 0 Å². The highest BCUT2D eigenvalue weighted by Crippen LogP contribution is 2.57. The molecule has 4 nitrogen and oxygen atoms in total. The molecule has 5 fully saturated rings. The highest BCUT2D eigenvalue weighted by molar-refractivity contribution is 8.14. The van der Waals surface area contributed by atoms with Crippen molar-refractivity contribution < 1.29 is 9.18 Å². The van der Waals surface area contributed by atoms with Crippen LogP contribution in [0.3, 0.4) is 0 Å². The van der Waals surface area contributed by atoms with E-state index in [1.54, 1.807) is 12.1 Å². The maximum absolute atomic E-state index is 13.1. The Balaban J connectivity index is 0.00000245. The molecule has 4 bridgehead atoms. The summed E-state index contributed by atoms with van der Waals surface area (Å²) in [5, 5.41) is 4.12. The predicted octanol–water partition coefficient (Wildman–Crippen LogP) is 6.12. The summed E-state index contributed by atoms with van der Waals surface area (Å²) >= 11 is 1.85. The zero-order valence-electron chi connectivity index (χ0n) is 18.9. The summed E-state index contributed by atoms with van der Waals surface area (Å²) in [5.74, 6) is 3.30. The number of carbonyl (C=O) groups excluding carboxylic acids is 1. The normalized spacial score (nSPS) is 34.1. The molecule has 5 aliphatic rings. The summed E-state index contributed by atoms with van der Waals surface area (Å²) < 4.78 is 13.1. The fourth-order valence-electron chi connectivity index (χ4n) is 6.74. The molecule has 1 atom stereocenters. The van der Waals surface area contributed by atoms with E-state index in [0.717, 1.165) is 42.9 Å². The van der Waals surface area contributed by atoms with Gasteiger partial charge in [0.25, 0.3) is 0 Å². The van der Waals surface area contributed by atoms with Gasteiger partial charge in [-0.15, -0.1) is 12.4 Å². The van der Waals surface area contributed by atoms with Gasteiger partial charge in [0.1, 0.15) is 5.82 Å². The second kappa shape index (κ2) is 9.92. The Bertz CT molecular complexity index is 811. The smallest absolute Gasteiger partial charge is 0.226 e. The molecule has 1 N–H and O–H groups in total. The predicted molar refractivity (Wildman–Crippen MR) is 133 cm³/mol. The van der Waals surface area contributed by atoms with Crippen molar-refractivity contribution >= 4 is 40.9 Å². The van der Waals surface area contributed by atoms with E-state index >= 15 is 0 Å². The van der Waals surface area contributed by atoms with E-state index in [2.05, 4.69) is 17.1 Å². The van der Waals surface area contributed by atoms with Gasteiger partial charge in [0.15, 0.2) is 5.17 Å². The van der Waals surface area contributed by atoms with Gasteiger partial charge in [-0.05, 0) is 87.0 Å². The molecule has 6 rings (SSSR count). The number of amidine groups is 1. The van der Waals surface area contributed by atoms with Gasteiger partial charge in [0, 0.05) is 30.4 Å². The number of aliphatic imine (C=N–C) groups is 1. The zero-order valence-corrected chi connectivity index (χ0v) is 20.5. The third-order valence-electron chi connectivity index (χ3n) is 7.73. The lowest BCUT2D eigenvalue weighted by Gasteiger charge is -2.55. The topological polar surface area (TPSA) is 44.7 Å². The van der Waals surface area contributed by atoms with Gasteiger partial charge in [-0.2, -0.15) is 0 Å². The molecular formula is C25H35ClFN3OS. The summed E-state index contributed by atoms with van der Waals surface area (Å²) in [5.41, 5.74) is 0.826. The van der Waals surface area contributed by atoms with Crippen LogP contribution in [0.25, 0.3) is 0 Å². The van der Waals surface area contributed by atoms with E-state index in [9.17, 15) is 9.18 Å². The maximum atomic E-state index is 13.1. The van der Waals surface area contributed by atoms with E-state index in [4.69, 9.17) is 4.99 Å². The number of nitrogens with zero attached hydrogens (tertiary/aromatic N) is 2. The number of anilines is 1. The van der Waals surface area contributed by atoms with Gasteiger partial charge in [0.05, 0.1) is 5.54 Å². The van der Waals surface area contributed by atoms with Gasteiger partial charge in [-0.25, -0.2) is 4.39 Å². The standard InChI is InChI=1S/C25H34FN3OS.ClH/c1-2-3-8-29-22(12-23(30)27-21-6-4-20(26)5-7-21)16-31-24(29)28-25-13-17-9-18(14-25)11-19(10-17)15-25;/h4-7,17-19,22H,2-3,8-16H2,1H3,(H,27,30);1H. The van der Waals surface area contributed by atoms with Crippen LogP contribution in [0.4, 0.5) is 10.1 Å². The molecule has 4 saturated carbocycles. The van der Waals surface area contributed by atoms with Gasteiger partial charge < -0.3 is 10.2 Å². The number of halogens is 2. The molecule has 176 valence electrons. The van der Waals surface area contributed by atoms with E-state index in [1.165, 1.54) is 55.8 Å². The summed E-state index contributed by atoms with van der Waals surface area (Å²) in [6.07, 6.45) is 10.8. The third-order valence-corrected chi connectivity index (χ3v) is 8.87. The van der Waals surface area contributed by atoms with Crippen LogP contribution in [0.2, 0.25) is 0 Å². The molecule has 32 heavy (non-hydrogen) atoms. The molecule has 1 aliphatic heterocycles. The van der Waals surface area contributed by atoms with Crippen molar-refractivity contribution in [3.8, 4) is 0 Å². The van der Waals surface area contributed by atoms with Crippen LogP contribution in [-0.4, -0.2) is 39.9 Å². The SMILES string of the molecule is CCCCN1C(=NC23CC4CC(CC(C4)C2)C3)SCC1CC(=O)Nc1ccc(F)cc1.Cl. The van der Waals surface area contributed by atoms with Crippen LogP contribution >= 0.6 is 24.2 Å². The third kappa shape index (κ3) is 5.11. The average Bonchev–Trinajstić information content (AvgIpc) is 3.07. The highest BCUT2D eigenvalue weighted by atomic mass is 35.5. The number of nitrogens with one attached hydrogen (secondary N) is 1. The summed E-state index contributed by atoms with van der Waals surface area (Å²) in [6, 6.07) is 6.18. The van der Waals surface area contributed by atoms with Gasteiger partial charge in [-0.1, -0.05) is 25.1 Å². The van der Waals surface area contributed by atoms with Crippen LogP contribution in [0.5, 0.6) is 0 Å². The summed E-state index contributed by atoms with van der Waals surface area (Å²) in [7, 11) is 0. The summed E-state index contributed by atoms with van der Waals surface area (Å²) in [4.78, 5) is 20.6. The molecule has 4 aliphatic carbocycles. The Morgan fingerprint density at radius 2 is 1.78 bits per heavy atom. The van der Waals surface area contributed by atoms with Gasteiger partial charge in [0.2, 0.25) is 5.91 Å². The molecule has 7 heteroatoms. The first-order valence-electron chi connectivity index (χ1n) is 12.1. The zero-order chi connectivity index (χ0) is 21.4. The van der Waals surface area contributed by atoms with Gasteiger partial charge >= 0.3 is 0 Å². The maximum Gasteiger partial charge on any atom is 0.226 e. The Hall–Kier alpha value is -1.27. The molecule has 1 saturated heterocycles. The second-order valence-electron chi connectivity index (χ2n) is 10.3. The Kier molecular flexibility index (Phi) is 7.40. The number of hydrogen-bond acceptors (Lipinski definition) is 3. The lowest BCUT2D eigenvalue weighted by molar-refractivity contribution is -0.116. The van der Waals surface area contributed by atoms with Crippen molar-refractivity contribution in [2.45, 2.75) is 76.3 Å². The molecule has 1 aromatic carbocycles. The first-order valence-corrected chi connectivity index (χ1v) is 13.1. The minimum absolute atomic E-state index is 0. The Labute approximate surface area is 201 Å². The van der Waals surface area contributed by atoms with Crippen molar-refractivity contribution in [1.29, 1.82) is 0 Å². The van der Waals surface area contributed by atoms with Gasteiger partial charge in [-0.3, -0.25) is 9.79 Å². The fraction of sp³-hybridized carbons (Fsp3) is 0.680. The number of rotatable bonds is 7. The number of thioether (sulfide) groups is 1. The van der Waals surface area contributed by atoms with Crippen molar-refractivity contribution in [1.82, 2.24) is 4.90 Å². The number of carbonyl (C=O) groups is 1. The first-order chi connectivity index (χ1) is 15.0. The molecule has 1 aromatic rings.